The van der Waals surface area contributed by atoms with Crippen LogP contribution in [-0.4, -0.2) is 15.7 Å². The van der Waals surface area contributed by atoms with Gasteiger partial charge in [0.25, 0.3) is 0 Å². The summed E-state index contributed by atoms with van der Waals surface area (Å²) in [5.41, 5.74) is 1.33. The molecule has 0 saturated heterocycles. The number of hydrogen-bond acceptors (Lipinski definition) is 4. The Balaban J connectivity index is 1.77. The third kappa shape index (κ3) is 2.61. The van der Waals surface area contributed by atoms with Gasteiger partial charge in [0, 0.05) is 5.54 Å². The average Bonchev–Trinajstić information content (AvgIpc) is 3.09. The van der Waals surface area contributed by atoms with Gasteiger partial charge in [-0.1, -0.05) is 35.5 Å². The molecule has 0 atom stereocenters. The fourth-order valence-electron chi connectivity index (χ4n) is 2.39. The van der Waals surface area contributed by atoms with Crippen LogP contribution in [0.5, 0.6) is 0 Å². The lowest BCUT2D eigenvalue weighted by Gasteiger charge is -2.18. The van der Waals surface area contributed by atoms with Crippen molar-refractivity contribution in [2.45, 2.75) is 51.1 Å². The van der Waals surface area contributed by atoms with E-state index in [1.807, 2.05) is 6.07 Å². The van der Waals surface area contributed by atoms with Crippen LogP contribution in [-0.2, 0) is 12.0 Å². The molecule has 0 bridgehead atoms. The highest BCUT2D eigenvalue weighted by atomic mass is 16.5. The highest BCUT2D eigenvalue weighted by Crippen LogP contribution is 2.52. The Morgan fingerprint density at radius 3 is 2.50 bits per heavy atom. The number of aromatic nitrogens is 2. The normalized spacial score (nSPS) is 17.1. The van der Waals surface area contributed by atoms with Crippen LogP contribution in [0.2, 0.25) is 0 Å². The summed E-state index contributed by atoms with van der Waals surface area (Å²) < 4.78 is 5.38. The molecule has 1 aliphatic carbocycles. The predicted octanol–water partition coefficient (Wildman–Crippen LogP) is 3.04. The van der Waals surface area contributed by atoms with Crippen LogP contribution in [0.1, 0.15) is 50.9 Å². The molecule has 4 heteroatoms. The van der Waals surface area contributed by atoms with Crippen LogP contribution < -0.4 is 5.32 Å². The summed E-state index contributed by atoms with van der Waals surface area (Å²) in [5.74, 6) is 1.49. The molecule has 0 amide bonds. The molecule has 3 rings (SSSR count). The van der Waals surface area contributed by atoms with E-state index in [2.05, 4.69) is 60.5 Å². The second-order valence-corrected chi connectivity index (χ2v) is 6.56. The Hall–Kier alpha value is -1.68. The number of hydrogen-bond donors (Lipinski definition) is 1. The molecule has 1 N–H and O–H groups in total. The maximum atomic E-state index is 5.38. The van der Waals surface area contributed by atoms with Crippen molar-refractivity contribution in [3.8, 4) is 0 Å². The van der Waals surface area contributed by atoms with Crippen LogP contribution in [0.25, 0.3) is 0 Å². The van der Waals surface area contributed by atoms with Gasteiger partial charge in [0.2, 0.25) is 5.89 Å². The number of nitrogens with zero attached hydrogens (tertiary/aromatic N) is 2. The maximum Gasteiger partial charge on any atom is 0.240 e. The summed E-state index contributed by atoms with van der Waals surface area (Å²) in [6.07, 6.45) is 2.20. The lowest BCUT2D eigenvalue weighted by Crippen LogP contribution is -2.35. The van der Waals surface area contributed by atoms with Crippen molar-refractivity contribution >= 4 is 0 Å². The van der Waals surface area contributed by atoms with E-state index in [0.717, 1.165) is 18.7 Å². The molecule has 1 heterocycles. The largest absolute Gasteiger partial charge is 0.338 e. The second-order valence-electron chi connectivity index (χ2n) is 6.56. The van der Waals surface area contributed by atoms with Crippen molar-refractivity contribution in [3.05, 3.63) is 47.6 Å². The Morgan fingerprint density at radius 1 is 1.20 bits per heavy atom. The number of benzene rings is 1. The van der Waals surface area contributed by atoms with Gasteiger partial charge < -0.3 is 9.84 Å². The number of nitrogens with one attached hydrogen (secondary N) is 1. The zero-order valence-corrected chi connectivity index (χ0v) is 12.3. The minimum Gasteiger partial charge on any atom is -0.338 e. The quantitative estimate of drug-likeness (QED) is 0.928. The van der Waals surface area contributed by atoms with E-state index in [-0.39, 0.29) is 11.0 Å². The molecule has 0 radical (unpaired) electrons. The van der Waals surface area contributed by atoms with Crippen LogP contribution in [0.3, 0.4) is 0 Å². The smallest absolute Gasteiger partial charge is 0.240 e. The zero-order chi connectivity index (χ0) is 14.2. The highest BCUT2D eigenvalue weighted by molar-refractivity contribution is 5.38. The van der Waals surface area contributed by atoms with E-state index in [1.54, 1.807) is 0 Å². The molecule has 1 fully saturated rings. The molecule has 0 unspecified atom stereocenters. The fourth-order valence-corrected chi connectivity index (χ4v) is 2.39. The predicted molar refractivity (Wildman–Crippen MR) is 77.3 cm³/mol. The third-order valence-corrected chi connectivity index (χ3v) is 3.74. The van der Waals surface area contributed by atoms with Gasteiger partial charge in [-0.05, 0) is 39.2 Å². The van der Waals surface area contributed by atoms with E-state index >= 15 is 0 Å². The topological polar surface area (TPSA) is 51.0 Å². The van der Waals surface area contributed by atoms with Gasteiger partial charge in [-0.15, -0.1) is 0 Å². The Labute approximate surface area is 119 Å². The minimum atomic E-state index is -0.00918. The summed E-state index contributed by atoms with van der Waals surface area (Å²) in [6, 6.07) is 10.5. The number of rotatable bonds is 4. The van der Waals surface area contributed by atoms with Gasteiger partial charge in [0.1, 0.15) is 0 Å². The van der Waals surface area contributed by atoms with E-state index in [1.165, 1.54) is 5.56 Å². The van der Waals surface area contributed by atoms with Gasteiger partial charge in [0.05, 0.1) is 12.0 Å². The van der Waals surface area contributed by atoms with Crippen LogP contribution in [0, 0.1) is 0 Å². The summed E-state index contributed by atoms with van der Waals surface area (Å²) in [5, 5.41) is 7.57. The van der Waals surface area contributed by atoms with E-state index in [0.29, 0.717) is 12.4 Å². The summed E-state index contributed by atoms with van der Waals surface area (Å²) >= 11 is 0. The van der Waals surface area contributed by atoms with Crippen LogP contribution in [0.15, 0.2) is 34.9 Å². The summed E-state index contributed by atoms with van der Waals surface area (Å²) in [7, 11) is 0. The standard InChI is InChI=1S/C16H21N3O/c1-15(2,3)17-11-13-18-14(19-20-13)16(9-10-16)12-7-5-4-6-8-12/h4-8,17H,9-11H2,1-3H3. The first kappa shape index (κ1) is 13.3. The van der Waals surface area contributed by atoms with Gasteiger partial charge in [-0.2, -0.15) is 4.98 Å². The second kappa shape index (κ2) is 4.70. The average molecular weight is 271 g/mol. The molecular weight excluding hydrogens is 250 g/mol. The van der Waals surface area contributed by atoms with E-state index < -0.39 is 0 Å². The van der Waals surface area contributed by atoms with Crippen molar-refractivity contribution in [2.24, 2.45) is 0 Å². The molecular formula is C16H21N3O. The van der Waals surface area contributed by atoms with E-state index in [9.17, 15) is 0 Å². The third-order valence-electron chi connectivity index (χ3n) is 3.74. The minimum absolute atomic E-state index is 0.00918. The first-order valence-corrected chi connectivity index (χ1v) is 7.13. The molecule has 1 aromatic heterocycles. The summed E-state index contributed by atoms with van der Waals surface area (Å²) in [4.78, 5) is 4.58. The summed E-state index contributed by atoms with van der Waals surface area (Å²) in [6.45, 7) is 6.98. The lowest BCUT2D eigenvalue weighted by atomic mass is 9.95. The molecule has 1 aromatic carbocycles. The van der Waals surface area contributed by atoms with Crippen molar-refractivity contribution < 1.29 is 4.52 Å². The molecule has 106 valence electrons. The van der Waals surface area contributed by atoms with Crippen LogP contribution in [0.4, 0.5) is 0 Å². The first-order chi connectivity index (χ1) is 9.50. The van der Waals surface area contributed by atoms with Crippen LogP contribution >= 0.6 is 0 Å². The van der Waals surface area contributed by atoms with Crippen molar-refractivity contribution in [2.75, 3.05) is 0 Å². The van der Waals surface area contributed by atoms with Gasteiger partial charge in [-0.25, -0.2) is 0 Å². The molecule has 4 nitrogen and oxygen atoms in total. The van der Waals surface area contributed by atoms with Gasteiger partial charge >= 0.3 is 0 Å². The van der Waals surface area contributed by atoms with E-state index in [4.69, 9.17) is 4.52 Å². The Kier molecular flexibility index (Phi) is 3.13. The molecule has 20 heavy (non-hydrogen) atoms. The highest BCUT2D eigenvalue weighted by Gasteiger charge is 2.49. The van der Waals surface area contributed by atoms with Crippen molar-refractivity contribution in [3.63, 3.8) is 0 Å². The zero-order valence-electron chi connectivity index (χ0n) is 12.3. The monoisotopic (exact) mass is 271 g/mol. The molecule has 1 aliphatic rings. The van der Waals surface area contributed by atoms with Crippen molar-refractivity contribution in [1.82, 2.24) is 15.5 Å². The van der Waals surface area contributed by atoms with Crippen molar-refractivity contribution in [1.29, 1.82) is 0 Å². The lowest BCUT2D eigenvalue weighted by molar-refractivity contribution is 0.332. The Morgan fingerprint density at radius 2 is 1.90 bits per heavy atom. The molecule has 2 aromatic rings. The maximum absolute atomic E-state index is 5.38. The van der Waals surface area contributed by atoms with Gasteiger partial charge in [-0.3, -0.25) is 0 Å². The SMILES string of the molecule is CC(C)(C)NCc1nc(C2(c3ccccc3)CC2)no1. The molecule has 0 aliphatic heterocycles. The Bertz CT molecular complexity index is 579. The molecule has 1 saturated carbocycles. The molecule has 0 spiro atoms. The first-order valence-electron chi connectivity index (χ1n) is 7.13. The van der Waals surface area contributed by atoms with Gasteiger partial charge in [0.15, 0.2) is 5.82 Å². The fraction of sp³-hybridized carbons (Fsp3) is 0.500.